The van der Waals surface area contributed by atoms with Crippen LogP contribution in [0.25, 0.3) is 32.9 Å². The molecule has 0 spiro atoms. The Morgan fingerprint density at radius 3 is 2.36 bits per heavy atom. The summed E-state index contributed by atoms with van der Waals surface area (Å²) in [5.41, 5.74) is 6.56. The highest BCUT2D eigenvalue weighted by atomic mass is 16.6. The number of nitrogens with one attached hydrogen (secondary N) is 1. The minimum absolute atomic E-state index is 0.0519. The van der Waals surface area contributed by atoms with Gasteiger partial charge >= 0.3 is 0 Å². The van der Waals surface area contributed by atoms with Crippen molar-refractivity contribution >= 4 is 45.2 Å². The third-order valence-corrected chi connectivity index (χ3v) is 11.1. The van der Waals surface area contributed by atoms with Crippen LogP contribution in [0.3, 0.4) is 0 Å². The number of pyridine rings is 2. The van der Waals surface area contributed by atoms with Crippen LogP contribution >= 0.6 is 0 Å². The van der Waals surface area contributed by atoms with Crippen LogP contribution < -0.4 is 15.0 Å². The molecule has 6 heterocycles. The molecule has 13 heteroatoms. The Kier molecular flexibility index (Phi) is 9.28. The van der Waals surface area contributed by atoms with E-state index in [0.29, 0.717) is 75.1 Å². The molecule has 1 atom stereocenters. The average Bonchev–Trinajstić information content (AvgIpc) is 3.58. The molecule has 1 saturated carbocycles. The van der Waals surface area contributed by atoms with Crippen molar-refractivity contribution in [2.75, 3.05) is 44.4 Å². The summed E-state index contributed by atoms with van der Waals surface area (Å²) in [4.78, 5) is 50.8. The number of aryl methyl sites for hydroxylation is 1. The van der Waals surface area contributed by atoms with Gasteiger partial charge in [0.2, 0.25) is 11.8 Å². The van der Waals surface area contributed by atoms with Gasteiger partial charge in [0, 0.05) is 90.9 Å². The molecule has 0 bridgehead atoms. The van der Waals surface area contributed by atoms with Gasteiger partial charge in [-0.3, -0.25) is 24.3 Å². The van der Waals surface area contributed by atoms with E-state index < -0.39 is 17.9 Å². The summed E-state index contributed by atoms with van der Waals surface area (Å²) in [6.45, 7) is 7.06. The summed E-state index contributed by atoms with van der Waals surface area (Å²) in [5, 5.41) is 5.00. The molecule has 5 aromatic rings. The number of allylic oxidation sites excluding steroid dienone is 1. The second-order valence-corrected chi connectivity index (χ2v) is 14.6. The largest absolute Gasteiger partial charge is 0.474 e. The standard InChI is InChI=1S/C42H42N6O7/c1-25-3-9-37(40(49)45-25)48-41(50)33-8-6-28(18-34(33)42(48)51)47-23-31(24-47)54-16-14-52-13-15-53-29-19-30(20-29)55-39-10-5-27(21-44-39)26-4-7-32-35-22-43-12-11-36(35)46(2)38(32)17-26/h4-8,10-12,17-18,21-22,29-31,37H,1,3,9,13-16,19-20,23-24H2,2H3,(H,45,49). The van der Waals surface area contributed by atoms with Crippen molar-refractivity contribution in [1.29, 1.82) is 0 Å². The van der Waals surface area contributed by atoms with Gasteiger partial charge in [0.15, 0.2) is 0 Å². The van der Waals surface area contributed by atoms with Crippen LogP contribution in [0, 0.1) is 0 Å². The number of carbonyl (C=O) groups excluding carboxylic acids is 3. The molecule has 9 rings (SSSR count). The van der Waals surface area contributed by atoms with Crippen molar-refractivity contribution in [3.05, 3.63) is 96.6 Å². The van der Waals surface area contributed by atoms with Crippen molar-refractivity contribution in [1.82, 2.24) is 24.8 Å². The van der Waals surface area contributed by atoms with Gasteiger partial charge in [-0.25, -0.2) is 4.98 Å². The molecule has 1 unspecified atom stereocenters. The van der Waals surface area contributed by atoms with E-state index in [-0.39, 0.29) is 24.2 Å². The first-order chi connectivity index (χ1) is 26.8. The van der Waals surface area contributed by atoms with Crippen LogP contribution in [-0.2, 0) is 26.1 Å². The third kappa shape index (κ3) is 6.72. The molecule has 2 aromatic carbocycles. The van der Waals surface area contributed by atoms with E-state index in [1.54, 1.807) is 12.1 Å². The minimum atomic E-state index is -0.820. The van der Waals surface area contributed by atoms with Gasteiger partial charge < -0.3 is 33.7 Å². The third-order valence-electron chi connectivity index (χ3n) is 11.1. The zero-order chi connectivity index (χ0) is 37.6. The van der Waals surface area contributed by atoms with Crippen LogP contribution in [0.1, 0.15) is 46.4 Å². The topological polar surface area (TPSA) is 137 Å². The number of carbonyl (C=O) groups is 3. The summed E-state index contributed by atoms with van der Waals surface area (Å²) in [7, 11) is 2.08. The number of nitrogens with zero attached hydrogens (tertiary/aromatic N) is 5. The van der Waals surface area contributed by atoms with Gasteiger partial charge in [0.25, 0.3) is 11.8 Å². The first-order valence-corrected chi connectivity index (χ1v) is 18.8. The molecule has 3 fully saturated rings. The zero-order valence-corrected chi connectivity index (χ0v) is 30.6. The van der Waals surface area contributed by atoms with Crippen molar-refractivity contribution in [2.45, 2.75) is 50.0 Å². The van der Waals surface area contributed by atoms with Crippen molar-refractivity contribution in [3.8, 4) is 17.0 Å². The van der Waals surface area contributed by atoms with E-state index >= 15 is 0 Å². The van der Waals surface area contributed by atoms with Crippen molar-refractivity contribution < 1.29 is 33.3 Å². The molecule has 2 saturated heterocycles. The van der Waals surface area contributed by atoms with Gasteiger partial charge in [-0.15, -0.1) is 0 Å². The fourth-order valence-electron chi connectivity index (χ4n) is 7.91. The number of hydrogen-bond donors (Lipinski definition) is 1. The maximum Gasteiger partial charge on any atom is 0.262 e. The Hall–Kier alpha value is -5.63. The number of amides is 3. The molecule has 1 N–H and O–H groups in total. The molecule has 0 radical (unpaired) electrons. The van der Waals surface area contributed by atoms with Gasteiger partial charge in [0.1, 0.15) is 12.1 Å². The van der Waals surface area contributed by atoms with Crippen LogP contribution in [0.15, 0.2) is 85.5 Å². The highest BCUT2D eigenvalue weighted by molar-refractivity contribution is 6.23. The lowest BCUT2D eigenvalue weighted by Crippen LogP contribution is -2.52. The zero-order valence-electron chi connectivity index (χ0n) is 30.6. The Morgan fingerprint density at radius 2 is 1.58 bits per heavy atom. The molecule has 3 aliphatic heterocycles. The predicted molar refractivity (Wildman–Crippen MR) is 205 cm³/mol. The number of ether oxygens (including phenoxy) is 4. The van der Waals surface area contributed by atoms with Crippen LogP contribution in [0.5, 0.6) is 5.88 Å². The number of aromatic nitrogens is 3. The lowest BCUT2D eigenvalue weighted by molar-refractivity contribution is -0.125. The number of anilines is 1. The summed E-state index contributed by atoms with van der Waals surface area (Å²) >= 11 is 0. The van der Waals surface area contributed by atoms with Gasteiger partial charge in [0.05, 0.1) is 55.3 Å². The molecular formula is C42H42N6O7. The van der Waals surface area contributed by atoms with Crippen LogP contribution in [-0.4, -0.2) is 101 Å². The van der Waals surface area contributed by atoms with Crippen LogP contribution in [0.4, 0.5) is 5.69 Å². The molecule has 3 amide bonds. The van der Waals surface area contributed by atoms with Crippen LogP contribution in [0.2, 0.25) is 0 Å². The number of piperidine rings is 1. The average molecular weight is 743 g/mol. The summed E-state index contributed by atoms with van der Waals surface area (Å²) in [6, 6.07) is 16.9. The van der Waals surface area contributed by atoms with Crippen molar-refractivity contribution in [3.63, 3.8) is 0 Å². The number of fused-ring (bicyclic) bond motifs is 4. The normalized spacial score (nSPS) is 21.2. The number of benzene rings is 2. The second-order valence-electron chi connectivity index (χ2n) is 14.6. The quantitative estimate of drug-likeness (QED) is 0.129. The lowest BCUT2D eigenvalue weighted by atomic mass is 9.92. The Labute approximate surface area is 317 Å². The number of imide groups is 1. The van der Waals surface area contributed by atoms with E-state index in [0.717, 1.165) is 51.0 Å². The van der Waals surface area contributed by atoms with E-state index in [2.05, 4.69) is 62.6 Å². The molecule has 3 aromatic heterocycles. The predicted octanol–water partition coefficient (Wildman–Crippen LogP) is 5.03. The minimum Gasteiger partial charge on any atom is -0.474 e. The summed E-state index contributed by atoms with van der Waals surface area (Å²) in [6.07, 6.45) is 8.43. The molecule has 55 heavy (non-hydrogen) atoms. The monoisotopic (exact) mass is 742 g/mol. The molecule has 13 nitrogen and oxygen atoms in total. The Morgan fingerprint density at radius 1 is 0.800 bits per heavy atom. The van der Waals surface area contributed by atoms with Gasteiger partial charge in [-0.1, -0.05) is 18.7 Å². The van der Waals surface area contributed by atoms with Crippen molar-refractivity contribution in [2.24, 2.45) is 7.05 Å². The number of hydrogen-bond acceptors (Lipinski definition) is 10. The SMILES string of the molecule is C=C1CCC(N2C(=O)c3ccc(N4CC(OCCOCCOC5CC(Oc6ccc(-c7ccc8c9cnccc9n(C)c8c7)cn6)C5)C4)cc3C2=O)C(=O)N1. The first kappa shape index (κ1) is 35.1. The molecular weight excluding hydrogens is 700 g/mol. The highest BCUT2D eigenvalue weighted by Gasteiger charge is 2.44. The highest BCUT2D eigenvalue weighted by Crippen LogP contribution is 2.34. The Balaban J connectivity index is 0.646. The maximum atomic E-state index is 13.2. The molecule has 282 valence electrons. The number of rotatable bonds is 13. The molecule has 4 aliphatic rings. The second kappa shape index (κ2) is 14.5. The fraction of sp³-hybridized carbons (Fsp3) is 0.357. The van der Waals surface area contributed by atoms with E-state index in [1.165, 1.54) is 5.39 Å². The van der Waals surface area contributed by atoms with E-state index in [4.69, 9.17) is 18.9 Å². The maximum absolute atomic E-state index is 13.2. The summed E-state index contributed by atoms with van der Waals surface area (Å²) < 4.78 is 25.9. The van der Waals surface area contributed by atoms with Gasteiger partial charge in [-0.2, -0.15) is 0 Å². The fourth-order valence-corrected chi connectivity index (χ4v) is 7.91. The molecule has 1 aliphatic carbocycles. The lowest BCUT2D eigenvalue weighted by Gasteiger charge is -2.40. The summed E-state index contributed by atoms with van der Waals surface area (Å²) in [5.74, 6) is -0.615. The van der Waals surface area contributed by atoms with E-state index in [1.807, 2.05) is 36.8 Å². The van der Waals surface area contributed by atoms with E-state index in [9.17, 15) is 14.4 Å². The first-order valence-electron chi connectivity index (χ1n) is 18.8. The smallest absolute Gasteiger partial charge is 0.262 e. The Bertz CT molecular complexity index is 2310. The van der Waals surface area contributed by atoms with Gasteiger partial charge in [-0.05, 0) is 54.8 Å².